The molecule has 1 aromatic carbocycles. The van der Waals surface area contributed by atoms with Crippen LogP contribution in [0, 0.1) is 5.92 Å². The van der Waals surface area contributed by atoms with Crippen LogP contribution in [0.15, 0.2) is 18.2 Å². The fourth-order valence-electron chi connectivity index (χ4n) is 5.85. The number of fused-ring (bicyclic) bond motifs is 1. The molecule has 0 bridgehead atoms. The van der Waals surface area contributed by atoms with E-state index in [0.29, 0.717) is 23.9 Å². The van der Waals surface area contributed by atoms with E-state index in [1.54, 1.807) is 19.2 Å². The summed E-state index contributed by atoms with van der Waals surface area (Å²) in [6.07, 6.45) is 5.09. The molecule has 12 heteroatoms. The highest BCUT2D eigenvalue weighted by molar-refractivity contribution is 6.24. The summed E-state index contributed by atoms with van der Waals surface area (Å²) in [6, 6.07) is 4.00. The zero-order valence-corrected chi connectivity index (χ0v) is 20.6. The van der Waals surface area contributed by atoms with Gasteiger partial charge in [-0.1, -0.05) is 12.1 Å². The summed E-state index contributed by atoms with van der Waals surface area (Å²) in [5.41, 5.74) is 1.11. The van der Waals surface area contributed by atoms with Gasteiger partial charge in [0.05, 0.1) is 23.2 Å². The molecule has 2 aliphatic heterocycles. The minimum atomic E-state index is -1.02. The predicted octanol–water partition coefficient (Wildman–Crippen LogP) is 0.903. The molecular formula is C25H29N7O5. The van der Waals surface area contributed by atoms with Gasteiger partial charge >= 0.3 is 0 Å². The molecule has 2 unspecified atom stereocenters. The number of piperidine rings is 1. The van der Waals surface area contributed by atoms with Gasteiger partial charge in [0.2, 0.25) is 11.8 Å². The van der Waals surface area contributed by atoms with Crippen molar-refractivity contribution in [3.05, 3.63) is 40.7 Å². The number of imide groups is 2. The average Bonchev–Trinajstić information content (AvgIpc) is 3.38. The van der Waals surface area contributed by atoms with Crippen LogP contribution >= 0.6 is 0 Å². The Morgan fingerprint density at radius 2 is 1.95 bits per heavy atom. The number of rotatable bonds is 8. The largest absolute Gasteiger partial charge is 0.384 e. The third-order valence-electron chi connectivity index (χ3n) is 8.05. The molecule has 37 heavy (non-hydrogen) atoms. The third-order valence-corrected chi connectivity index (χ3v) is 8.05. The van der Waals surface area contributed by atoms with Crippen LogP contribution in [0.1, 0.15) is 89.1 Å². The van der Waals surface area contributed by atoms with Crippen LogP contribution in [-0.2, 0) is 14.3 Å². The molecule has 3 heterocycles. The number of ether oxygens (including phenoxy) is 1. The Hall–Kier alpha value is -3.51. The number of benzene rings is 1. The van der Waals surface area contributed by atoms with E-state index in [1.807, 2.05) is 10.7 Å². The van der Waals surface area contributed by atoms with Crippen LogP contribution in [0.3, 0.4) is 0 Å². The molecule has 2 atom stereocenters. The summed E-state index contributed by atoms with van der Waals surface area (Å²) in [7, 11) is 1.69. The molecule has 0 spiro atoms. The molecule has 12 nitrogen and oxygen atoms in total. The summed E-state index contributed by atoms with van der Waals surface area (Å²) < 4.78 is 7.13. The smallest absolute Gasteiger partial charge is 0.262 e. The van der Waals surface area contributed by atoms with Crippen molar-refractivity contribution in [3.8, 4) is 0 Å². The molecule has 6 rings (SSSR count). The highest BCUT2D eigenvalue weighted by Crippen LogP contribution is 2.39. The van der Waals surface area contributed by atoms with E-state index < -0.39 is 35.7 Å². The molecule has 3 fully saturated rings. The second-order valence-electron chi connectivity index (χ2n) is 10.4. The molecule has 2 aliphatic carbocycles. The number of methoxy groups -OCH3 is 1. The predicted molar refractivity (Wildman–Crippen MR) is 127 cm³/mol. The second-order valence-corrected chi connectivity index (χ2v) is 10.4. The maximum absolute atomic E-state index is 13.8. The molecule has 1 saturated heterocycles. The first kappa shape index (κ1) is 23.9. The lowest BCUT2D eigenvalue weighted by Gasteiger charge is -2.38. The first-order valence-electron chi connectivity index (χ1n) is 12.8. The minimum Gasteiger partial charge on any atom is -0.384 e. The topological polar surface area (TPSA) is 148 Å². The molecule has 2 aromatic rings. The van der Waals surface area contributed by atoms with Crippen molar-refractivity contribution in [1.82, 2.24) is 35.7 Å². The van der Waals surface area contributed by atoms with Crippen molar-refractivity contribution in [3.63, 3.8) is 0 Å². The fraction of sp³-hybridized carbons (Fsp3) is 0.560. The van der Waals surface area contributed by atoms with E-state index in [-0.39, 0.29) is 36.1 Å². The number of amides is 4. The summed E-state index contributed by atoms with van der Waals surface area (Å²) in [5.74, 6) is -1.04. The van der Waals surface area contributed by atoms with Gasteiger partial charge in [-0.2, -0.15) is 0 Å². The highest BCUT2D eigenvalue weighted by atomic mass is 16.5. The van der Waals surface area contributed by atoms with Crippen molar-refractivity contribution in [2.75, 3.05) is 13.7 Å². The van der Waals surface area contributed by atoms with Crippen LogP contribution in [0.2, 0.25) is 0 Å². The second kappa shape index (κ2) is 9.42. The molecule has 2 N–H and O–H groups in total. The summed E-state index contributed by atoms with van der Waals surface area (Å²) in [5, 5.41) is 18.5. The highest BCUT2D eigenvalue weighted by Gasteiger charge is 2.47. The van der Waals surface area contributed by atoms with Gasteiger partial charge in [-0.25, -0.2) is 4.68 Å². The Bertz CT molecular complexity index is 1270. The fourth-order valence-corrected chi connectivity index (χ4v) is 5.85. The van der Waals surface area contributed by atoms with E-state index >= 15 is 0 Å². The van der Waals surface area contributed by atoms with Crippen LogP contribution in [0.5, 0.6) is 0 Å². The number of carbonyl (C=O) groups excluding carboxylic acids is 4. The van der Waals surface area contributed by atoms with Gasteiger partial charge < -0.3 is 10.1 Å². The zero-order valence-electron chi connectivity index (χ0n) is 20.6. The molecule has 0 radical (unpaired) electrons. The van der Waals surface area contributed by atoms with E-state index in [0.717, 1.165) is 37.0 Å². The van der Waals surface area contributed by atoms with Crippen molar-refractivity contribution in [1.29, 1.82) is 0 Å². The number of nitrogens with one attached hydrogen (secondary N) is 2. The lowest BCUT2D eigenvalue weighted by Crippen LogP contribution is -2.54. The van der Waals surface area contributed by atoms with Gasteiger partial charge in [-0.3, -0.25) is 29.4 Å². The first-order valence-corrected chi connectivity index (χ1v) is 12.8. The Balaban J connectivity index is 1.36. The molecular weight excluding hydrogens is 478 g/mol. The number of carbonyl (C=O) groups is 4. The van der Waals surface area contributed by atoms with Crippen LogP contribution in [0.25, 0.3) is 0 Å². The number of tetrazole rings is 1. The van der Waals surface area contributed by atoms with Gasteiger partial charge in [0, 0.05) is 26.2 Å². The standard InChI is InChI=1S/C25H29N7O5/c1-37-12-13-10-14(11-13)26-21(22-28-29-30-32(22)15-4-2-5-15)16-6-3-7-17-20(16)25(36)31(24(17)35)18-8-9-19(33)27-23(18)34/h3,6-7,13-15,18,21,26H,2,4-5,8-12H2,1H3,(H,27,33,34). The third kappa shape index (κ3) is 4.04. The molecule has 1 aromatic heterocycles. The SMILES string of the molecule is COCC1CC(NC(c2cccc3c2C(=O)N(C2CCC(=O)NC2=O)C3=O)c2nnnn2C2CCC2)C1. The Morgan fingerprint density at radius 3 is 2.65 bits per heavy atom. The zero-order chi connectivity index (χ0) is 25.7. The first-order chi connectivity index (χ1) is 18.0. The number of aromatic nitrogens is 4. The van der Waals surface area contributed by atoms with E-state index in [9.17, 15) is 19.2 Å². The lowest BCUT2D eigenvalue weighted by atomic mass is 9.80. The van der Waals surface area contributed by atoms with Crippen LogP contribution in [0.4, 0.5) is 0 Å². The Morgan fingerprint density at radius 1 is 1.14 bits per heavy atom. The van der Waals surface area contributed by atoms with Gasteiger partial charge in [-0.15, -0.1) is 5.10 Å². The summed E-state index contributed by atoms with van der Waals surface area (Å²) in [4.78, 5) is 52.3. The quantitative estimate of drug-likeness (QED) is 0.497. The number of hydrogen-bond acceptors (Lipinski definition) is 9. The summed E-state index contributed by atoms with van der Waals surface area (Å²) >= 11 is 0. The average molecular weight is 508 g/mol. The molecule has 4 aliphatic rings. The molecule has 4 amide bonds. The Kier molecular flexibility index (Phi) is 6.07. The molecule has 194 valence electrons. The Labute approximate surface area is 213 Å². The van der Waals surface area contributed by atoms with Gasteiger partial charge in [0.1, 0.15) is 6.04 Å². The van der Waals surface area contributed by atoms with Gasteiger partial charge in [0.25, 0.3) is 11.8 Å². The van der Waals surface area contributed by atoms with E-state index in [2.05, 4.69) is 26.2 Å². The van der Waals surface area contributed by atoms with Crippen molar-refractivity contribution >= 4 is 23.6 Å². The number of nitrogens with zero attached hydrogens (tertiary/aromatic N) is 5. The van der Waals surface area contributed by atoms with Crippen molar-refractivity contribution in [2.24, 2.45) is 5.92 Å². The summed E-state index contributed by atoms with van der Waals surface area (Å²) in [6.45, 7) is 0.692. The lowest BCUT2D eigenvalue weighted by molar-refractivity contribution is -0.136. The molecule has 2 saturated carbocycles. The van der Waals surface area contributed by atoms with Crippen molar-refractivity contribution in [2.45, 2.75) is 69.1 Å². The van der Waals surface area contributed by atoms with Gasteiger partial charge in [0.15, 0.2) is 5.82 Å². The maximum Gasteiger partial charge on any atom is 0.262 e. The van der Waals surface area contributed by atoms with Crippen molar-refractivity contribution < 1.29 is 23.9 Å². The van der Waals surface area contributed by atoms with E-state index in [4.69, 9.17) is 4.74 Å². The normalized spacial score (nSPS) is 26.5. The number of hydrogen-bond donors (Lipinski definition) is 2. The minimum absolute atomic E-state index is 0.0708. The van der Waals surface area contributed by atoms with E-state index in [1.165, 1.54) is 0 Å². The van der Waals surface area contributed by atoms with Gasteiger partial charge in [-0.05, 0) is 66.5 Å². The van der Waals surface area contributed by atoms with Crippen LogP contribution < -0.4 is 10.6 Å². The maximum atomic E-state index is 13.8. The van der Waals surface area contributed by atoms with Crippen LogP contribution in [-0.4, -0.2) is 74.5 Å². The monoisotopic (exact) mass is 507 g/mol.